The molecule has 2 rings (SSSR count). The average molecular weight is 185 g/mol. The number of aryl methyl sites for hydroxylation is 1. The van der Waals surface area contributed by atoms with E-state index in [0.717, 1.165) is 11.4 Å². The molecule has 0 aliphatic heterocycles. The first-order chi connectivity index (χ1) is 6.79. The highest BCUT2D eigenvalue weighted by Gasteiger charge is 2.01. The monoisotopic (exact) mass is 185 g/mol. The zero-order chi connectivity index (χ0) is 9.97. The number of rotatable bonds is 1. The molecule has 0 spiro atoms. The molecule has 0 aromatic carbocycles. The van der Waals surface area contributed by atoms with Crippen LogP contribution in [0.15, 0.2) is 24.8 Å². The van der Waals surface area contributed by atoms with Gasteiger partial charge in [-0.3, -0.25) is 0 Å². The van der Waals surface area contributed by atoms with Gasteiger partial charge in [0.15, 0.2) is 0 Å². The van der Waals surface area contributed by atoms with E-state index < -0.39 is 0 Å². The Bertz CT molecular complexity index is 480. The van der Waals surface area contributed by atoms with E-state index in [9.17, 15) is 0 Å². The van der Waals surface area contributed by atoms with Crippen molar-refractivity contribution >= 4 is 0 Å². The van der Waals surface area contributed by atoms with Crippen LogP contribution in [0.3, 0.4) is 0 Å². The van der Waals surface area contributed by atoms with Crippen LogP contribution in [0.1, 0.15) is 11.4 Å². The number of aromatic nitrogens is 4. The van der Waals surface area contributed by atoms with Gasteiger partial charge in [0.05, 0.1) is 5.69 Å². The summed E-state index contributed by atoms with van der Waals surface area (Å²) < 4.78 is 1.59. The smallest absolute Gasteiger partial charge is 0.142 e. The van der Waals surface area contributed by atoms with Crippen LogP contribution in [0, 0.1) is 18.3 Å². The minimum atomic E-state index is 0.385. The maximum absolute atomic E-state index is 8.73. The van der Waals surface area contributed by atoms with E-state index in [1.165, 1.54) is 6.33 Å². The molecule has 68 valence electrons. The van der Waals surface area contributed by atoms with Crippen LogP contribution < -0.4 is 0 Å². The number of nitriles is 1. The summed E-state index contributed by atoms with van der Waals surface area (Å²) in [7, 11) is 0. The topological polar surface area (TPSA) is 67.4 Å². The summed E-state index contributed by atoms with van der Waals surface area (Å²) in [5, 5.41) is 12.7. The second kappa shape index (κ2) is 3.26. The summed E-state index contributed by atoms with van der Waals surface area (Å²) in [4.78, 5) is 7.87. The number of pyridine rings is 1. The van der Waals surface area contributed by atoms with Gasteiger partial charge >= 0.3 is 0 Å². The molecule has 0 saturated heterocycles. The zero-order valence-corrected chi connectivity index (χ0v) is 7.55. The van der Waals surface area contributed by atoms with Crippen molar-refractivity contribution in [3.05, 3.63) is 36.2 Å². The molecule has 5 heteroatoms. The second-order valence-electron chi connectivity index (χ2n) is 2.80. The summed E-state index contributed by atoms with van der Waals surface area (Å²) in [6.07, 6.45) is 3.03. The molecule has 0 aliphatic rings. The van der Waals surface area contributed by atoms with Gasteiger partial charge < -0.3 is 0 Å². The Morgan fingerprint density at radius 2 is 2.29 bits per heavy atom. The molecule has 14 heavy (non-hydrogen) atoms. The van der Waals surface area contributed by atoms with Crippen LogP contribution >= 0.6 is 0 Å². The third-order valence-electron chi connectivity index (χ3n) is 1.74. The predicted octanol–water partition coefficient (Wildman–Crippen LogP) is 0.842. The predicted molar refractivity (Wildman–Crippen MR) is 48.6 cm³/mol. The Labute approximate surface area is 80.7 Å². The van der Waals surface area contributed by atoms with E-state index in [0.29, 0.717) is 5.69 Å². The van der Waals surface area contributed by atoms with E-state index in [4.69, 9.17) is 5.26 Å². The molecule has 2 aromatic rings. The average Bonchev–Trinajstić information content (AvgIpc) is 2.69. The molecule has 0 N–H and O–H groups in total. The highest BCUT2D eigenvalue weighted by Crippen LogP contribution is 2.08. The molecule has 0 radical (unpaired) electrons. The fourth-order valence-electron chi connectivity index (χ4n) is 1.18. The van der Waals surface area contributed by atoms with Crippen molar-refractivity contribution in [3.63, 3.8) is 0 Å². The van der Waals surface area contributed by atoms with Crippen LogP contribution in [-0.2, 0) is 0 Å². The van der Waals surface area contributed by atoms with Crippen molar-refractivity contribution in [1.29, 1.82) is 5.26 Å². The molecule has 0 saturated carbocycles. The molecule has 0 amide bonds. The first kappa shape index (κ1) is 8.38. The minimum absolute atomic E-state index is 0.385. The van der Waals surface area contributed by atoms with E-state index in [-0.39, 0.29) is 0 Å². The molecule has 0 aliphatic carbocycles. The molecule has 0 atom stereocenters. The van der Waals surface area contributed by atoms with Gasteiger partial charge in [0.1, 0.15) is 24.4 Å². The Kier molecular flexibility index (Phi) is 1.95. The van der Waals surface area contributed by atoms with Gasteiger partial charge in [-0.15, -0.1) is 0 Å². The van der Waals surface area contributed by atoms with Crippen molar-refractivity contribution < 1.29 is 0 Å². The second-order valence-corrected chi connectivity index (χ2v) is 2.80. The van der Waals surface area contributed by atoms with Gasteiger partial charge in [0.2, 0.25) is 0 Å². The fraction of sp³-hybridized carbons (Fsp3) is 0.111. The van der Waals surface area contributed by atoms with Crippen LogP contribution in [0.5, 0.6) is 0 Å². The lowest BCUT2D eigenvalue weighted by atomic mass is 10.3. The molecule has 0 fully saturated rings. The summed E-state index contributed by atoms with van der Waals surface area (Å²) in [5.41, 5.74) is 1.97. The standard InChI is InChI=1S/C9H7N5/c1-7-2-9(3-8(4-10)13-7)14-6-11-5-12-14/h2-3,5-6H,1H3. The molecule has 2 aromatic heterocycles. The maximum atomic E-state index is 8.73. The van der Waals surface area contributed by atoms with Gasteiger partial charge in [0, 0.05) is 11.8 Å². The molecule has 0 bridgehead atoms. The van der Waals surface area contributed by atoms with Gasteiger partial charge in [-0.05, 0) is 13.0 Å². The first-order valence-electron chi connectivity index (χ1n) is 4.03. The minimum Gasteiger partial charge on any atom is -0.242 e. The van der Waals surface area contributed by atoms with Crippen LogP contribution in [-0.4, -0.2) is 19.7 Å². The van der Waals surface area contributed by atoms with E-state index >= 15 is 0 Å². The Morgan fingerprint density at radius 1 is 1.43 bits per heavy atom. The highest BCUT2D eigenvalue weighted by molar-refractivity contribution is 5.37. The van der Waals surface area contributed by atoms with E-state index in [1.54, 1.807) is 17.1 Å². The number of nitrogens with zero attached hydrogens (tertiary/aromatic N) is 5. The first-order valence-corrected chi connectivity index (χ1v) is 4.03. The normalized spacial score (nSPS) is 9.71. The SMILES string of the molecule is Cc1cc(-n2cncn2)cc(C#N)n1. The highest BCUT2D eigenvalue weighted by atomic mass is 15.3. The number of hydrogen-bond acceptors (Lipinski definition) is 4. The molecular formula is C9H7N5. The third-order valence-corrected chi connectivity index (χ3v) is 1.74. The lowest BCUT2D eigenvalue weighted by molar-refractivity contribution is 0.871. The third kappa shape index (κ3) is 1.45. The van der Waals surface area contributed by atoms with Gasteiger partial charge in [-0.1, -0.05) is 0 Å². The lowest BCUT2D eigenvalue weighted by Crippen LogP contribution is -1.97. The molecule has 5 nitrogen and oxygen atoms in total. The van der Waals surface area contributed by atoms with Crippen LogP contribution in [0.25, 0.3) is 5.69 Å². The summed E-state index contributed by atoms with van der Waals surface area (Å²) in [6.45, 7) is 1.83. The van der Waals surface area contributed by atoms with Crippen LogP contribution in [0.2, 0.25) is 0 Å². The Hall–Kier alpha value is -2.22. The van der Waals surface area contributed by atoms with Crippen molar-refractivity contribution in [1.82, 2.24) is 19.7 Å². The lowest BCUT2D eigenvalue weighted by Gasteiger charge is -2.01. The maximum Gasteiger partial charge on any atom is 0.142 e. The van der Waals surface area contributed by atoms with Crippen molar-refractivity contribution in [2.24, 2.45) is 0 Å². The molecule has 2 heterocycles. The largest absolute Gasteiger partial charge is 0.242 e. The van der Waals surface area contributed by atoms with E-state index in [2.05, 4.69) is 15.1 Å². The quantitative estimate of drug-likeness (QED) is 0.660. The van der Waals surface area contributed by atoms with Gasteiger partial charge in [-0.25, -0.2) is 14.6 Å². The Morgan fingerprint density at radius 3 is 2.93 bits per heavy atom. The summed E-state index contributed by atoms with van der Waals surface area (Å²) in [5.74, 6) is 0. The summed E-state index contributed by atoms with van der Waals surface area (Å²) >= 11 is 0. The van der Waals surface area contributed by atoms with Crippen molar-refractivity contribution in [2.45, 2.75) is 6.92 Å². The van der Waals surface area contributed by atoms with Crippen molar-refractivity contribution in [2.75, 3.05) is 0 Å². The van der Waals surface area contributed by atoms with Gasteiger partial charge in [-0.2, -0.15) is 10.4 Å². The summed E-state index contributed by atoms with van der Waals surface area (Å²) in [6, 6.07) is 5.51. The molecular weight excluding hydrogens is 178 g/mol. The molecule has 0 unspecified atom stereocenters. The fourth-order valence-corrected chi connectivity index (χ4v) is 1.18. The van der Waals surface area contributed by atoms with Gasteiger partial charge in [0.25, 0.3) is 0 Å². The van der Waals surface area contributed by atoms with Crippen molar-refractivity contribution in [3.8, 4) is 11.8 Å². The Balaban J connectivity index is 2.55. The zero-order valence-electron chi connectivity index (χ0n) is 7.55. The van der Waals surface area contributed by atoms with Crippen LogP contribution in [0.4, 0.5) is 0 Å². The van der Waals surface area contributed by atoms with E-state index in [1.807, 2.05) is 19.1 Å². The number of hydrogen-bond donors (Lipinski definition) is 0.